The summed E-state index contributed by atoms with van der Waals surface area (Å²) in [5, 5.41) is 3.13. The lowest BCUT2D eigenvalue weighted by atomic mass is 10.1. The van der Waals surface area contributed by atoms with Gasteiger partial charge in [0.15, 0.2) is 5.96 Å². The van der Waals surface area contributed by atoms with E-state index in [0.29, 0.717) is 12.5 Å². The quantitative estimate of drug-likeness (QED) is 0.408. The van der Waals surface area contributed by atoms with Crippen molar-refractivity contribution in [1.82, 2.24) is 4.90 Å². The Bertz CT molecular complexity index is 666. The Hall–Kier alpha value is -1.60. The SMILES string of the molecule is I.NC(=NCc1ccccc1CN1CCCCC1)Nc1ccccc1. The van der Waals surface area contributed by atoms with Crippen LogP contribution in [0.25, 0.3) is 0 Å². The van der Waals surface area contributed by atoms with E-state index in [9.17, 15) is 0 Å². The molecule has 2 aromatic rings. The second-order valence-corrected chi connectivity index (χ2v) is 6.30. The number of piperidine rings is 1. The molecule has 1 heterocycles. The molecule has 1 fully saturated rings. The summed E-state index contributed by atoms with van der Waals surface area (Å²) < 4.78 is 0. The third-order valence-electron chi connectivity index (χ3n) is 4.43. The molecule has 1 aliphatic heterocycles. The lowest BCUT2D eigenvalue weighted by Gasteiger charge is -2.27. The van der Waals surface area contributed by atoms with Gasteiger partial charge in [-0.05, 0) is 49.2 Å². The minimum atomic E-state index is 0. The maximum Gasteiger partial charge on any atom is 0.193 e. The number of aliphatic imine (C=N–C) groups is 1. The van der Waals surface area contributed by atoms with Gasteiger partial charge in [-0.15, -0.1) is 24.0 Å². The second-order valence-electron chi connectivity index (χ2n) is 6.30. The fourth-order valence-corrected chi connectivity index (χ4v) is 3.10. The Morgan fingerprint density at radius 2 is 1.56 bits per heavy atom. The minimum Gasteiger partial charge on any atom is -0.370 e. The summed E-state index contributed by atoms with van der Waals surface area (Å²) in [7, 11) is 0. The van der Waals surface area contributed by atoms with E-state index >= 15 is 0 Å². The van der Waals surface area contributed by atoms with Gasteiger partial charge in [0, 0.05) is 12.2 Å². The van der Waals surface area contributed by atoms with E-state index in [0.717, 1.165) is 12.2 Å². The summed E-state index contributed by atoms with van der Waals surface area (Å²) in [5.41, 5.74) is 9.58. The highest BCUT2D eigenvalue weighted by atomic mass is 127. The number of para-hydroxylation sites is 1. The molecule has 134 valence electrons. The summed E-state index contributed by atoms with van der Waals surface area (Å²) in [4.78, 5) is 7.05. The number of benzene rings is 2. The van der Waals surface area contributed by atoms with Crippen molar-refractivity contribution in [3.05, 3.63) is 65.7 Å². The first kappa shape index (κ1) is 19.7. The molecule has 2 aromatic carbocycles. The van der Waals surface area contributed by atoms with Crippen molar-refractivity contribution in [2.75, 3.05) is 18.4 Å². The van der Waals surface area contributed by atoms with Gasteiger partial charge >= 0.3 is 0 Å². The fourth-order valence-electron chi connectivity index (χ4n) is 3.10. The molecule has 0 radical (unpaired) electrons. The lowest BCUT2D eigenvalue weighted by Crippen LogP contribution is -2.29. The van der Waals surface area contributed by atoms with Gasteiger partial charge in [-0.2, -0.15) is 0 Å². The number of likely N-dealkylation sites (tertiary alicyclic amines) is 1. The van der Waals surface area contributed by atoms with Gasteiger partial charge in [0.1, 0.15) is 0 Å². The number of nitrogens with one attached hydrogen (secondary N) is 1. The average molecular weight is 450 g/mol. The second kappa shape index (κ2) is 10.4. The van der Waals surface area contributed by atoms with Crippen molar-refractivity contribution < 1.29 is 0 Å². The first-order valence-corrected chi connectivity index (χ1v) is 8.72. The number of rotatable bonds is 5. The number of halogens is 1. The van der Waals surface area contributed by atoms with E-state index in [1.807, 2.05) is 30.3 Å². The zero-order chi connectivity index (χ0) is 16.6. The van der Waals surface area contributed by atoms with Crippen molar-refractivity contribution in [1.29, 1.82) is 0 Å². The zero-order valence-corrected chi connectivity index (χ0v) is 16.9. The van der Waals surface area contributed by atoms with Crippen LogP contribution in [0.2, 0.25) is 0 Å². The van der Waals surface area contributed by atoms with Crippen LogP contribution in [0.1, 0.15) is 30.4 Å². The van der Waals surface area contributed by atoms with E-state index in [-0.39, 0.29) is 24.0 Å². The van der Waals surface area contributed by atoms with Gasteiger partial charge in [-0.25, -0.2) is 4.99 Å². The van der Waals surface area contributed by atoms with Gasteiger partial charge in [0.25, 0.3) is 0 Å². The normalized spacial score (nSPS) is 15.4. The standard InChI is InChI=1S/C20H26N4.HI/c21-20(23-19-11-3-1-4-12-19)22-15-17-9-5-6-10-18(17)16-24-13-7-2-8-14-24;/h1,3-6,9-12H,2,7-8,13-16H2,(H3,21,22,23);1H. The van der Waals surface area contributed by atoms with Crippen molar-refractivity contribution in [3.63, 3.8) is 0 Å². The predicted molar refractivity (Wildman–Crippen MR) is 116 cm³/mol. The molecule has 3 N–H and O–H groups in total. The Balaban J connectivity index is 0.00000225. The molecule has 4 nitrogen and oxygen atoms in total. The van der Waals surface area contributed by atoms with E-state index < -0.39 is 0 Å². The molecule has 0 saturated carbocycles. The predicted octanol–water partition coefficient (Wildman–Crippen LogP) is 4.22. The first-order valence-electron chi connectivity index (χ1n) is 8.72. The molecule has 0 unspecified atom stereocenters. The molecular weight excluding hydrogens is 423 g/mol. The third-order valence-corrected chi connectivity index (χ3v) is 4.43. The monoisotopic (exact) mass is 450 g/mol. The van der Waals surface area contributed by atoms with Crippen molar-refractivity contribution in [2.24, 2.45) is 10.7 Å². The number of hydrogen-bond acceptors (Lipinski definition) is 2. The molecule has 0 spiro atoms. The van der Waals surface area contributed by atoms with E-state index in [1.54, 1.807) is 0 Å². The van der Waals surface area contributed by atoms with Crippen molar-refractivity contribution in [3.8, 4) is 0 Å². The van der Waals surface area contributed by atoms with E-state index in [2.05, 4.69) is 39.5 Å². The van der Waals surface area contributed by atoms with Crippen LogP contribution in [0.3, 0.4) is 0 Å². The van der Waals surface area contributed by atoms with Crippen molar-refractivity contribution >= 4 is 35.6 Å². The van der Waals surface area contributed by atoms with Gasteiger partial charge < -0.3 is 11.1 Å². The zero-order valence-electron chi connectivity index (χ0n) is 14.5. The molecule has 25 heavy (non-hydrogen) atoms. The van der Waals surface area contributed by atoms with E-state index in [4.69, 9.17) is 5.73 Å². The molecule has 3 rings (SSSR count). The van der Waals surface area contributed by atoms with Gasteiger partial charge in [0.05, 0.1) is 6.54 Å². The fraction of sp³-hybridized carbons (Fsp3) is 0.350. The highest BCUT2D eigenvalue weighted by Gasteiger charge is 2.12. The smallest absolute Gasteiger partial charge is 0.193 e. The molecule has 0 atom stereocenters. The van der Waals surface area contributed by atoms with Crippen molar-refractivity contribution in [2.45, 2.75) is 32.4 Å². The Labute approximate surface area is 167 Å². The summed E-state index contributed by atoms with van der Waals surface area (Å²) in [6.07, 6.45) is 3.99. The molecule has 5 heteroatoms. The number of nitrogens with zero attached hydrogens (tertiary/aromatic N) is 2. The third kappa shape index (κ3) is 6.32. The Kier molecular flexibility index (Phi) is 8.21. The van der Waals surface area contributed by atoms with Crippen LogP contribution < -0.4 is 11.1 Å². The molecule has 0 bridgehead atoms. The first-order chi connectivity index (χ1) is 11.8. The number of nitrogens with two attached hydrogens (primary N) is 1. The summed E-state index contributed by atoms with van der Waals surface area (Å²) >= 11 is 0. The molecule has 1 saturated heterocycles. The van der Waals surface area contributed by atoms with Crippen LogP contribution in [-0.4, -0.2) is 23.9 Å². The van der Waals surface area contributed by atoms with Crippen LogP contribution >= 0.6 is 24.0 Å². The van der Waals surface area contributed by atoms with Crippen LogP contribution in [-0.2, 0) is 13.1 Å². The molecule has 0 amide bonds. The van der Waals surface area contributed by atoms with E-state index in [1.165, 1.54) is 43.5 Å². The highest BCUT2D eigenvalue weighted by Crippen LogP contribution is 2.17. The average Bonchev–Trinajstić information content (AvgIpc) is 2.63. The largest absolute Gasteiger partial charge is 0.370 e. The van der Waals surface area contributed by atoms with Crippen LogP contribution in [0, 0.1) is 0 Å². The van der Waals surface area contributed by atoms with Crippen LogP contribution in [0.15, 0.2) is 59.6 Å². The minimum absolute atomic E-state index is 0. The van der Waals surface area contributed by atoms with Gasteiger partial charge in [-0.1, -0.05) is 48.9 Å². The number of hydrogen-bond donors (Lipinski definition) is 2. The highest BCUT2D eigenvalue weighted by molar-refractivity contribution is 14.0. The Morgan fingerprint density at radius 1 is 0.920 bits per heavy atom. The number of anilines is 1. The topological polar surface area (TPSA) is 53.6 Å². The van der Waals surface area contributed by atoms with Crippen LogP contribution in [0.4, 0.5) is 5.69 Å². The maximum atomic E-state index is 6.02. The Morgan fingerprint density at radius 3 is 2.28 bits per heavy atom. The molecule has 0 aromatic heterocycles. The summed E-state index contributed by atoms with van der Waals surface area (Å²) in [5.74, 6) is 0.453. The molecular formula is C20H27IN4. The van der Waals surface area contributed by atoms with Crippen LogP contribution in [0.5, 0.6) is 0 Å². The number of guanidine groups is 1. The summed E-state index contributed by atoms with van der Waals surface area (Å²) in [6.45, 7) is 4.03. The van der Waals surface area contributed by atoms with Gasteiger partial charge in [-0.3, -0.25) is 4.90 Å². The molecule has 1 aliphatic rings. The summed E-state index contributed by atoms with van der Waals surface area (Å²) in [6, 6.07) is 18.4. The molecule has 0 aliphatic carbocycles. The maximum absolute atomic E-state index is 6.02. The van der Waals surface area contributed by atoms with Gasteiger partial charge in [0.2, 0.25) is 0 Å². The lowest BCUT2D eigenvalue weighted by molar-refractivity contribution is 0.220.